The summed E-state index contributed by atoms with van der Waals surface area (Å²) in [4.78, 5) is 2.46. The molecule has 2 aliphatic rings. The lowest BCUT2D eigenvalue weighted by molar-refractivity contribution is 0.00463. The number of halogens is 1. The van der Waals surface area contributed by atoms with Gasteiger partial charge in [-0.1, -0.05) is 11.6 Å². The highest BCUT2D eigenvalue weighted by atomic mass is 35.5. The van der Waals surface area contributed by atoms with Gasteiger partial charge in [0, 0.05) is 38.2 Å². The fourth-order valence-electron chi connectivity index (χ4n) is 3.04. The quantitative estimate of drug-likeness (QED) is 0.880. The van der Waals surface area contributed by atoms with Crippen LogP contribution in [0, 0.1) is 17.2 Å². The maximum absolute atomic E-state index is 9.16. The third kappa shape index (κ3) is 3.53. The van der Waals surface area contributed by atoms with Crippen molar-refractivity contribution in [2.24, 2.45) is 5.92 Å². The Morgan fingerprint density at radius 1 is 1.41 bits per heavy atom. The molecule has 2 saturated heterocycles. The third-order valence-corrected chi connectivity index (χ3v) is 5.44. The molecule has 2 atom stereocenters. The van der Waals surface area contributed by atoms with Crippen LogP contribution in [0.15, 0.2) is 0 Å². The molecule has 120 valence electrons. The van der Waals surface area contributed by atoms with Gasteiger partial charge in [-0.2, -0.15) is 9.64 Å². The molecule has 0 radical (unpaired) electrons. The summed E-state index contributed by atoms with van der Waals surface area (Å²) in [5, 5.41) is 13.6. The topological polar surface area (TPSA) is 70.4 Å². The lowest BCUT2D eigenvalue weighted by Crippen LogP contribution is -2.50. The Morgan fingerprint density at radius 3 is 2.91 bits per heavy atom. The van der Waals surface area contributed by atoms with Crippen LogP contribution in [-0.2, 0) is 9.47 Å². The molecule has 6 nitrogen and oxygen atoms in total. The van der Waals surface area contributed by atoms with Crippen molar-refractivity contribution in [3.05, 3.63) is 10.7 Å². The van der Waals surface area contributed by atoms with E-state index >= 15 is 0 Å². The molecular formula is C14H19ClN4O2S. The summed E-state index contributed by atoms with van der Waals surface area (Å²) >= 11 is 7.17. The summed E-state index contributed by atoms with van der Waals surface area (Å²) in [5.74, 6) is 0.513. The number of ether oxygens (including phenoxy) is 2. The zero-order valence-corrected chi connectivity index (χ0v) is 13.8. The third-order valence-electron chi connectivity index (χ3n) is 4.26. The van der Waals surface area contributed by atoms with Crippen LogP contribution in [0.25, 0.3) is 0 Å². The van der Waals surface area contributed by atoms with Crippen LogP contribution in [0.2, 0.25) is 5.15 Å². The van der Waals surface area contributed by atoms with E-state index in [9.17, 15) is 0 Å². The van der Waals surface area contributed by atoms with Crippen molar-refractivity contribution >= 4 is 28.1 Å². The number of nitrogens with zero attached hydrogens (tertiary/aromatic N) is 3. The summed E-state index contributed by atoms with van der Waals surface area (Å²) in [6, 6.07) is 2.49. The zero-order valence-electron chi connectivity index (χ0n) is 12.3. The minimum absolute atomic E-state index is 0.280. The van der Waals surface area contributed by atoms with E-state index in [4.69, 9.17) is 26.3 Å². The summed E-state index contributed by atoms with van der Waals surface area (Å²) in [7, 11) is 0. The van der Waals surface area contributed by atoms with Crippen molar-refractivity contribution in [1.82, 2.24) is 9.27 Å². The van der Waals surface area contributed by atoms with Crippen molar-refractivity contribution < 1.29 is 9.47 Å². The first kappa shape index (κ1) is 16.0. The lowest BCUT2D eigenvalue weighted by atomic mass is 9.97. The Kier molecular flexibility index (Phi) is 5.50. The highest BCUT2D eigenvalue weighted by molar-refractivity contribution is 7.10. The van der Waals surface area contributed by atoms with Gasteiger partial charge in [-0.05, 0) is 18.0 Å². The largest absolute Gasteiger partial charge is 0.381 e. The molecule has 0 amide bonds. The Labute approximate surface area is 139 Å². The van der Waals surface area contributed by atoms with Crippen LogP contribution in [0.1, 0.15) is 12.0 Å². The molecule has 0 unspecified atom stereocenters. The van der Waals surface area contributed by atoms with Gasteiger partial charge < -0.3 is 14.8 Å². The summed E-state index contributed by atoms with van der Waals surface area (Å²) in [6.45, 7) is 5.84. The van der Waals surface area contributed by atoms with E-state index in [0.29, 0.717) is 17.5 Å². The van der Waals surface area contributed by atoms with Crippen molar-refractivity contribution in [3.8, 4) is 6.07 Å². The number of morpholine rings is 1. The maximum atomic E-state index is 9.16. The van der Waals surface area contributed by atoms with E-state index in [1.807, 2.05) is 0 Å². The maximum Gasteiger partial charge on any atom is 0.162 e. The first-order valence-corrected chi connectivity index (χ1v) is 8.63. The van der Waals surface area contributed by atoms with Gasteiger partial charge in [0.05, 0.1) is 19.8 Å². The SMILES string of the molecule is N#Cc1c(Cl)nsc1NC[C@@H]([C@@H]1CCOC1)N1CCOCC1. The van der Waals surface area contributed by atoms with Gasteiger partial charge >= 0.3 is 0 Å². The summed E-state index contributed by atoms with van der Waals surface area (Å²) < 4.78 is 15.1. The Balaban J connectivity index is 1.68. The van der Waals surface area contributed by atoms with Crippen LogP contribution in [0.5, 0.6) is 0 Å². The summed E-state index contributed by atoms with van der Waals surface area (Å²) in [5.41, 5.74) is 0.440. The molecule has 3 rings (SSSR count). The molecule has 0 aliphatic carbocycles. The number of hydrogen-bond acceptors (Lipinski definition) is 7. The first-order chi connectivity index (χ1) is 10.8. The number of rotatable bonds is 5. The molecule has 3 heterocycles. The number of nitrogens with one attached hydrogen (secondary N) is 1. The highest BCUT2D eigenvalue weighted by Gasteiger charge is 2.31. The van der Waals surface area contributed by atoms with Gasteiger partial charge in [-0.25, -0.2) is 0 Å². The Bertz CT molecular complexity index is 535. The Morgan fingerprint density at radius 2 is 2.23 bits per heavy atom. The second kappa shape index (κ2) is 7.57. The van der Waals surface area contributed by atoms with Gasteiger partial charge in [0.25, 0.3) is 0 Å². The van der Waals surface area contributed by atoms with Crippen molar-refractivity contribution in [3.63, 3.8) is 0 Å². The van der Waals surface area contributed by atoms with E-state index in [2.05, 4.69) is 20.7 Å². The van der Waals surface area contributed by atoms with Crippen molar-refractivity contribution in [2.45, 2.75) is 12.5 Å². The number of anilines is 1. The molecule has 0 spiro atoms. The van der Waals surface area contributed by atoms with E-state index < -0.39 is 0 Å². The van der Waals surface area contributed by atoms with Crippen molar-refractivity contribution in [1.29, 1.82) is 5.26 Å². The van der Waals surface area contributed by atoms with E-state index in [1.54, 1.807) is 0 Å². The van der Waals surface area contributed by atoms with Crippen LogP contribution in [0.3, 0.4) is 0 Å². The molecule has 0 saturated carbocycles. The molecule has 8 heteroatoms. The zero-order chi connectivity index (χ0) is 15.4. The fraction of sp³-hybridized carbons (Fsp3) is 0.714. The number of nitriles is 1. The number of hydrogen-bond donors (Lipinski definition) is 1. The molecule has 0 aromatic carbocycles. The van der Waals surface area contributed by atoms with Gasteiger partial charge in [-0.15, -0.1) is 0 Å². The fourth-order valence-corrected chi connectivity index (χ4v) is 3.99. The van der Waals surface area contributed by atoms with Crippen LogP contribution >= 0.6 is 23.1 Å². The molecule has 0 bridgehead atoms. The lowest BCUT2D eigenvalue weighted by Gasteiger charge is -2.37. The van der Waals surface area contributed by atoms with Crippen LogP contribution in [0.4, 0.5) is 5.00 Å². The summed E-state index contributed by atoms with van der Waals surface area (Å²) in [6.07, 6.45) is 1.08. The predicted molar refractivity (Wildman–Crippen MR) is 85.4 cm³/mol. The molecular weight excluding hydrogens is 324 g/mol. The van der Waals surface area contributed by atoms with E-state index in [-0.39, 0.29) is 5.15 Å². The number of aromatic nitrogens is 1. The molecule has 1 aromatic heterocycles. The van der Waals surface area contributed by atoms with Gasteiger partial charge in [0.1, 0.15) is 16.6 Å². The van der Waals surface area contributed by atoms with Crippen LogP contribution < -0.4 is 5.32 Å². The molecule has 1 aromatic rings. The highest BCUT2D eigenvalue weighted by Crippen LogP contribution is 2.29. The average molecular weight is 343 g/mol. The second-order valence-corrected chi connectivity index (χ2v) is 6.64. The second-order valence-electron chi connectivity index (χ2n) is 5.51. The Hall–Kier alpha value is -0.910. The van der Waals surface area contributed by atoms with Crippen molar-refractivity contribution in [2.75, 3.05) is 51.4 Å². The minimum Gasteiger partial charge on any atom is -0.381 e. The van der Waals surface area contributed by atoms with E-state index in [1.165, 1.54) is 11.5 Å². The van der Waals surface area contributed by atoms with E-state index in [0.717, 1.165) is 57.5 Å². The first-order valence-electron chi connectivity index (χ1n) is 7.48. The monoisotopic (exact) mass is 342 g/mol. The molecule has 2 fully saturated rings. The van der Waals surface area contributed by atoms with Gasteiger partial charge in [0.15, 0.2) is 5.15 Å². The standard InChI is InChI=1S/C14H19ClN4O2S/c15-13-11(7-16)14(22-18-13)17-8-12(10-1-4-21-9-10)19-2-5-20-6-3-19/h10,12,17H,1-6,8-9H2/t10-,12+/m1/s1. The van der Waals surface area contributed by atoms with Crippen LogP contribution in [-0.4, -0.2) is 61.4 Å². The molecule has 1 N–H and O–H groups in total. The smallest absolute Gasteiger partial charge is 0.162 e. The molecule has 2 aliphatic heterocycles. The predicted octanol–water partition coefficient (Wildman–Crippen LogP) is 1.82. The normalized spacial score (nSPS) is 24.1. The average Bonchev–Trinajstić information content (AvgIpc) is 3.19. The minimum atomic E-state index is 0.280. The molecule has 22 heavy (non-hydrogen) atoms. The van der Waals surface area contributed by atoms with Gasteiger partial charge in [-0.3, -0.25) is 4.90 Å². The van der Waals surface area contributed by atoms with Gasteiger partial charge in [0.2, 0.25) is 0 Å².